The fraction of sp³-hybridized carbons (Fsp3) is 0.583. The first-order valence-corrected chi connectivity index (χ1v) is 17.6. The monoisotopic (exact) mass is 665 g/mol. The summed E-state index contributed by atoms with van der Waals surface area (Å²) >= 11 is 5.79. The molecule has 47 heavy (non-hydrogen) atoms. The lowest BCUT2D eigenvalue weighted by atomic mass is 9.79. The smallest absolute Gasteiger partial charge is 0.322 e. The number of amides is 5. The van der Waals surface area contributed by atoms with E-state index in [1.807, 2.05) is 54.0 Å². The predicted octanol–water partition coefficient (Wildman–Crippen LogP) is 5.37. The number of piperidine rings is 3. The van der Waals surface area contributed by atoms with Crippen LogP contribution in [0.25, 0.3) is 0 Å². The Morgan fingerprint density at radius 1 is 0.894 bits per heavy atom. The van der Waals surface area contributed by atoms with Crippen molar-refractivity contribution in [2.75, 3.05) is 70.5 Å². The van der Waals surface area contributed by atoms with Gasteiger partial charge >= 0.3 is 12.1 Å². The van der Waals surface area contributed by atoms with Crippen LogP contribution >= 0.6 is 11.6 Å². The van der Waals surface area contributed by atoms with Crippen LogP contribution in [0.1, 0.15) is 55.2 Å². The number of carbonyl (C=O) groups is 3. The third-order valence-corrected chi connectivity index (χ3v) is 10.8. The molecule has 5 amide bonds. The van der Waals surface area contributed by atoms with E-state index in [1.54, 1.807) is 4.90 Å². The van der Waals surface area contributed by atoms with E-state index in [0.717, 1.165) is 79.4 Å². The average Bonchev–Trinajstić information content (AvgIpc) is 3.24. The van der Waals surface area contributed by atoms with Crippen LogP contribution in [0, 0.1) is 25.7 Å². The van der Waals surface area contributed by atoms with Crippen molar-refractivity contribution in [1.82, 2.24) is 24.9 Å². The average molecular weight is 666 g/mol. The number of carbonyl (C=O) groups excluding carboxylic acids is 3. The van der Waals surface area contributed by atoms with Crippen molar-refractivity contribution in [2.24, 2.45) is 11.8 Å². The number of hydrogen-bond donors (Lipinski definition) is 3. The van der Waals surface area contributed by atoms with Crippen LogP contribution in [-0.2, 0) is 11.2 Å². The molecule has 10 nitrogen and oxygen atoms in total. The molecular weight excluding hydrogens is 614 g/mol. The molecule has 0 aromatic heterocycles. The van der Waals surface area contributed by atoms with Gasteiger partial charge in [-0.2, -0.15) is 0 Å². The zero-order valence-corrected chi connectivity index (χ0v) is 29.0. The van der Waals surface area contributed by atoms with Gasteiger partial charge in [0.1, 0.15) is 0 Å². The van der Waals surface area contributed by atoms with Crippen LogP contribution in [-0.4, -0.2) is 103 Å². The van der Waals surface area contributed by atoms with Gasteiger partial charge in [0.2, 0.25) is 5.91 Å². The standard InChI is InChI=1S/C28H42N6O3.C8H10ClN/c1-31-13-6-21(7-14-31)22-8-15-32(16-9-22)26(35)20-29-27(36)33-17-11-24(12-18-33)34-19-10-23-4-2-3-5-25(23)30-28(34)37;1-5-3-6(2)8(10)7(9)4-5/h2-5,21-22,24H,6-20H2,1H3,(H,29,36)(H,30,37);3-4H,10H2,1-2H3. The van der Waals surface area contributed by atoms with Gasteiger partial charge in [0.15, 0.2) is 0 Å². The van der Waals surface area contributed by atoms with Crippen LogP contribution in [0.4, 0.5) is 21.0 Å². The molecule has 4 heterocycles. The van der Waals surface area contributed by atoms with Gasteiger partial charge in [-0.1, -0.05) is 35.9 Å². The number of halogens is 1. The Morgan fingerprint density at radius 2 is 1.51 bits per heavy atom. The second-order valence-corrected chi connectivity index (χ2v) is 14.2. The van der Waals surface area contributed by atoms with E-state index in [4.69, 9.17) is 17.3 Å². The lowest BCUT2D eigenvalue weighted by Gasteiger charge is -2.39. The fourth-order valence-corrected chi connectivity index (χ4v) is 7.86. The zero-order valence-electron chi connectivity index (χ0n) is 28.3. The van der Waals surface area contributed by atoms with E-state index >= 15 is 0 Å². The van der Waals surface area contributed by atoms with E-state index in [2.05, 4.69) is 28.6 Å². The highest BCUT2D eigenvalue weighted by Crippen LogP contribution is 2.32. The number of hydrogen-bond acceptors (Lipinski definition) is 5. The largest absolute Gasteiger partial charge is 0.397 e. The molecule has 256 valence electrons. The van der Waals surface area contributed by atoms with Crippen LogP contribution in [0.2, 0.25) is 5.02 Å². The van der Waals surface area contributed by atoms with Gasteiger partial charge in [-0.3, -0.25) is 4.79 Å². The van der Waals surface area contributed by atoms with Gasteiger partial charge < -0.3 is 36.0 Å². The summed E-state index contributed by atoms with van der Waals surface area (Å²) in [6.07, 6.45) is 7.03. The summed E-state index contributed by atoms with van der Waals surface area (Å²) < 4.78 is 0. The molecular formula is C36H52ClN7O3. The first kappa shape index (κ1) is 34.8. The normalized spacial score (nSPS) is 20.1. The van der Waals surface area contributed by atoms with Crippen molar-refractivity contribution >= 4 is 40.9 Å². The molecule has 4 N–H and O–H groups in total. The molecule has 0 unspecified atom stereocenters. The Bertz CT molecular complexity index is 1370. The molecule has 3 fully saturated rings. The SMILES string of the molecule is CN1CCC(C2CCN(C(=O)CNC(=O)N3CCC(N4CCc5ccccc5NC4=O)CC3)CC2)CC1.Cc1cc(C)c(N)c(Cl)c1. The van der Waals surface area contributed by atoms with Gasteiger partial charge in [-0.05, 0) is 120 Å². The molecule has 0 saturated carbocycles. The number of fused-ring (bicyclic) bond motifs is 1. The molecule has 2 aromatic rings. The number of rotatable bonds is 4. The Hall–Kier alpha value is -3.50. The molecule has 11 heteroatoms. The number of nitrogens with two attached hydrogens (primary N) is 1. The summed E-state index contributed by atoms with van der Waals surface area (Å²) in [5.74, 6) is 1.55. The molecule has 2 aromatic carbocycles. The number of benzene rings is 2. The minimum atomic E-state index is -0.180. The van der Waals surface area contributed by atoms with Gasteiger partial charge in [-0.25, -0.2) is 9.59 Å². The maximum absolute atomic E-state index is 12.8. The summed E-state index contributed by atoms with van der Waals surface area (Å²) in [5, 5.41) is 6.54. The minimum absolute atomic E-state index is 0.0193. The maximum atomic E-state index is 12.8. The van der Waals surface area contributed by atoms with Crippen molar-refractivity contribution in [3.8, 4) is 0 Å². The number of anilines is 2. The number of nitrogen functional groups attached to an aromatic ring is 1. The zero-order chi connectivity index (χ0) is 33.5. The van der Waals surface area contributed by atoms with Crippen LogP contribution in [0.15, 0.2) is 36.4 Å². The summed E-state index contributed by atoms with van der Waals surface area (Å²) in [6, 6.07) is 11.7. The van der Waals surface area contributed by atoms with E-state index < -0.39 is 0 Å². The highest BCUT2D eigenvalue weighted by atomic mass is 35.5. The summed E-state index contributed by atoms with van der Waals surface area (Å²) in [7, 11) is 2.20. The number of nitrogens with one attached hydrogen (secondary N) is 2. The Morgan fingerprint density at radius 3 is 2.17 bits per heavy atom. The maximum Gasteiger partial charge on any atom is 0.322 e. The number of aryl methyl sites for hydroxylation is 2. The molecule has 0 radical (unpaired) electrons. The van der Waals surface area contributed by atoms with Crippen molar-refractivity contribution in [3.63, 3.8) is 0 Å². The van der Waals surface area contributed by atoms with Crippen molar-refractivity contribution < 1.29 is 14.4 Å². The van der Waals surface area contributed by atoms with E-state index in [-0.39, 0.29) is 30.6 Å². The number of urea groups is 2. The highest BCUT2D eigenvalue weighted by molar-refractivity contribution is 6.33. The second-order valence-electron chi connectivity index (χ2n) is 13.7. The van der Waals surface area contributed by atoms with Crippen molar-refractivity contribution in [2.45, 2.75) is 64.8 Å². The molecule has 4 aliphatic heterocycles. The number of likely N-dealkylation sites (tertiary alicyclic amines) is 3. The van der Waals surface area contributed by atoms with E-state index in [9.17, 15) is 14.4 Å². The lowest BCUT2D eigenvalue weighted by molar-refractivity contribution is -0.131. The first-order chi connectivity index (χ1) is 22.6. The third kappa shape index (κ3) is 9.11. The predicted molar refractivity (Wildman–Crippen MR) is 189 cm³/mol. The number of nitrogens with zero attached hydrogens (tertiary/aromatic N) is 4. The Labute approximate surface area is 284 Å². The molecule has 0 spiro atoms. The second kappa shape index (κ2) is 16.1. The van der Waals surface area contributed by atoms with E-state index in [1.165, 1.54) is 25.9 Å². The quantitative estimate of drug-likeness (QED) is 0.380. The van der Waals surface area contributed by atoms with Crippen LogP contribution < -0.4 is 16.4 Å². The molecule has 3 saturated heterocycles. The lowest BCUT2D eigenvalue weighted by Crippen LogP contribution is -2.53. The summed E-state index contributed by atoms with van der Waals surface area (Å²) in [5.41, 5.74) is 10.6. The first-order valence-electron chi connectivity index (χ1n) is 17.3. The number of para-hydroxylation sites is 1. The van der Waals surface area contributed by atoms with Crippen molar-refractivity contribution in [1.29, 1.82) is 0 Å². The molecule has 0 bridgehead atoms. The fourth-order valence-electron chi connectivity index (χ4n) is 7.54. The topological polar surface area (TPSA) is 114 Å². The minimum Gasteiger partial charge on any atom is -0.397 e. The van der Waals surface area contributed by atoms with Gasteiger partial charge in [0, 0.05) is 44.5 Å². The van der Waals surface area contributed by atoms with E-state index in [0.29, 0.717) is 30.3 Å². The molecule has 4 aliphatic rings. The summed E-state index contributed by atoms with van der Waals surface area (Å²) in [6.45, 7) is 9.85. The molecule has 0 atom stereocenters. The van der Waals surface area contributed by atoms with Crippen molar-refractivity contribution in [3.05, 3.63) is 58.1 Å². The Balaban J connectivity index is 0.000000371. The van der Waals surface area contributed by atoms with Gasteiger partial charge in [0.25, 0.3) is 0 Å². The van der Waals surface area contributed by atoms with Crippen LogP contribution in [0.5, 0.6) is 0 Å². The van der Waals surface area contributed by atoms with Gasteiger partial charge in [0.05, 0.1) is 17.3 Å². The third-order valence-electron chi connectivity index (χ3n) is 10.5. The molecule has 6 rings (SSSR count). The Kier molecular flexibility index (Phi) is 11.9. The van der Waals surface area contributed by atoms with Crippen LogP contribution in [0.3, 0.4) is 0 Å². The van der Waals surface area contributed by atoms with Gasteiger partial charge in [-0.15, -0.1) is 0 Å². The summed E-state index contributed by atoms with van der Waals surface area (Å²) in [4.78, 5) is 46.4. The highest BCUT2D eigenvalue weighted by Gasteiger charge is 2.33. The molecule has 0 aliphatic carbocycles.